The zero-order valence-electron chi connectivity index (χ0n) is 12.0. The standard InChI is InChI=1S/C16H22N2O/c1-16(2,3)8-6-14-12-13(7-9-17-14)15(19)18-10-4-5-11-18/h6-9,12H,4-5,10-11H2,1-3H3/b8-6+. The third-order valence-corrected chi connectivity index (χ3v) is 3.18. The molecule has 3 heteroatoms. The molecule has 0 unspecified atom stereocenters. The summed E-state index contributed by atoms with van der Waals surface area (Å²) in [5, 5.41) is 0. The number of hydrogen-bond donors (Lipinski definition) is 0. The smallest absolute Gasteiger partial charge is 0.253 e. The maximum absolute atomic E-state index is 12.3. The Kier molecular flexibility index (Phi) is 4.03. The van der Waals surface area contributed by atoms with Crippen LogP contribution in [0.3, 0.4) is 0 Å². The second kappa shape index (κ2) is 5.55. The molecule has 1 fully saturated rings. The molecule has 0 radical (unpaired) electrons. The molecule has 1 aliphatic rings. The van der Waals surface area contributed by atoms with Crippen LogP contribution in [0, 0.1) is 5.41 Å². The van der Waals surface area contributed by atoms with Gasteiger partial charge < -0.3 is 4.90 Å². The Balaban J connectivity index is 2.15. The van der Waals surface area contributed by atoms with Crippen molar-refractivity contribution in [2.24, 2.45) is 5.41 Å². The van der Waals surface area contributed by atoms with E-state index in [1.807, 2.05) is 17.0 Å². The average Bonchev–Trinajstić information content (AvgIpc) is 2.89. The SMILES string of the molecule is CC(C)(C)/C=C/c1cc(C(=O)N2CCCC2)ccn1. The summed E-state index contributed by atoms with van der Waals surface area (Å²) in [7, 11) is 0. The van der Waals surface area contributed by atoms with Crippen LogP contribution in [0.1, 0.15) is 49.7 Å². The first-order valence-corrected chi connectivity index (χ1v) is 6.90. The summed E-state index contributed by atoms with van der Waals surface area (Å²) < 4.78 is 0. The molecular weight excluding hydrogens is 236 g/mol. The third kappa shape index (κ3) is 3.91. The van der Waals surface area contributed by atoms with E-state index in [4.69, 9.17) is 0 Å². The lowest BCUT2D eigenvalue weighted by Gasteiger charge is -2.15. The first kappa shape index (κ1) is 13.8. The topological polar surface area (TPSA) is 33.2 Å². The number of aromatic nitrogens is 1. The molecule has 1 aromatic heterocycles. The van der Waals surface area contributed by atoms with E-state index in [2.05, 4.69) is 31.8 Å². The largest absolute Gasteiger partial charge is 0.339 e. The molecular formula is C16H22N2O. The fraction of sp³-hybridized carbons (Fsp3) is 0.500. The minimum Gasteiger partial charge on any atom is -0.339 e. The molecule has 1 aromatic rings. The van der Waals surface area contributed by atoms with Crippen molar-refractivity contribution in [1.29, 1.82) is 0 Å². The molecule has 0 aromatic carbocycles. The number of rotatable bonds is 2. The molecule has 0 N–H and O–H groups in total. The van der Waals surface area contributed by atoms with Crippen LogP contribution in [0.25, 0.3) is 6.08 Å². The number of likely N-dealkylation sites (tertiary alicyclic amines) is 1. The van der Waals surface area contributed by atoms with Crippen molar-refractivity contribution in [2.75, 3.05) is 13.1 Å². The zero-order valence-corrected chi connectivity index (χ0v) is 12.0. The molecule has 0 aliphatic carbocycles. The minimum atomic E-state index is 0.122. The van der Waals surface area contributed by atoms with Crippen LogP contribution in [-0.2, 0) is 0 Å². The van der Waals surface area contributed by atoms with Gasteiger partial charge in [0.05, 0.1) is 5.69 Å². The molecule has 0 spiro atoms. The van der Waals surface area contributed by atoms with E-state index >= 15 is 0 Å². The fourth-order valence-electron chi connectivity index (χ4n) is 2.11. The zero-order chi connectivity index (χ0) is 13.9. The van der Waals surface area contributed by atoms with Gasteiger partial charge in [-0.25, -0.2) is 0 Å². The van der Waals surface area contributed by atoms with Crippen molar-refractivity contribution in [3.8, 4) is 0 Å². The van der Waals surface area contributed by atoms with E-state index in [9.17, 15) is 4.79 Å². The van der Waals surface area contributed by atoms with Crippen LogP contribution < -0.4 is 0 Å². The number of hydrogen-bond acceptors (Lipinski definition) is 2. The predicted octanol–water partition coefficient (Wildman–Crippen LogP) is 3.38. The molecule has 1 aliphatic heterocycles. The van der Waals surface area contributed by atoms with Gasteiger partial charge in [-0.15, -0.1) is 0 Å². The average molecular weight is 258 g/mol. The van der Waals surface area contributed by atoms with Gasteiger partial charge in [-0.05, 0) is 36.5 Å². The molecule has 0 bridgehead atoms. The van der Waals surface area contributed by atoms with Gasteiger partial charge in [0.25, 0.3) is 5.91 Å². The van der Waals surface area contributed by atoms with Gasteiger partial charge in [0, 0.05) is 24.8 Å². The summed E-state index contributed by atoms with van der Waals surface area (Å²) in [6.07, 6.45) is 8.05. The van der Waals surface area contributed by atoms with Crippen LogP contribution >= 0.6 is 0 Å². The Morgan fingerprint density at radius 1 is 1.32 bits per heavy atom. The lowest BCUT2D eigenvalue weighted by molar-refractivity contribution is 0.0792. The van der Waals surface area contributed by atoms with Crippen molar-refractivity contribution in [2.45, 2.75) is 33.6 Å². The predicted molar refractivity (Wildman–Crippen MR) is 77.9 cm³/mol. The maximum atomic E-state index is 12.3. The Bertz CT molecular complexity index is 480. The molecule has 102 valence electrons. The highest BCUT2D eigenvalue weighted by Crippen LogP contribution is 2.18. The van der Waals surface area contributed by atoms with Gasteiger partial charge in [-0.2, -0.15) is 0 Å². The lowest BCUT2D eigenvalue weighted by Crippen LogP contribution is -2.27. The van der Waals surface area contributed by atoms with E-state index in [1.54, 1.807) is 12.3 Å². The van der Waals surface area contributed by atoms with E-state index in [1.165, 1.54) is 0 Å². The monoisotopic (exact) mass is 258 g/mol. The highest BCUT2D eigenvalue weighted by molar-refractivity contribution is 5.94. The van der Waals surface area contributed by atoms with Crippen molar-refractivity contribution in [3.05, 3.63) is 35.7 Å². The maximum Gasteiger partial charge on any atom is 0.253 e. The highest BCUT2D eigenvalue weighted by Gasteiger charge is 2.19. The van der Waals surface area contributed by atoms with Gasteiger partial charge in [0.1, 0.15) is 0 Å². The van der Waals surface area contributed by atoms with Crippen molar-refractivity contribution < 1.29 is 4.79 Å². The first-order valence-electron chi connectivity index (χ1n) is 6.90. The lowest BCUT2D eigenvalue weighted by atomic mass is 9.96. The summed E-state index contributed by atoms with van der Waals surface area (Å²) >= 11 is 0. The van der Waals surface area contributed by atoms with Gasteiger partial charge >= 0.3 is 0 Å². The van der Waals surface area contributed by atoms with Gasteiger partial charge in [0.2, 0.25) is 0 Å². The molecule has 19 heavy (non-hydrogen) atoms. The summed E-state index contributed by atoms with van der Waals surface area (Å²) in [4.78, 5) is 18.5. The summed E-state index contributed by atoms with van der Waals surface area (Å²) in [5.41, 5.74) is 1.71. The van der Waals surface area contributed by atoms with E-state index < -0.39 is 0 Å². The number of pyridine rings is 1. The molecule has 3 nitrogen and oxygen atoms in total. The molecule has 0 saturated carbocycles. The van der Waals surface area contributed by atoms with Gasteiger partial charge in [0.15, 0.2) is 0 Å². The van der Waals surface area contributed by atoms with Crippen LogP contribution in [0.15, 0.2) is 24.4 Å². The van der Waals surface area contributed by atoms with Crippen molar-refractivity contribution >= 4 is 12.0 Å². The Labute approximate surface area is 115 Å². The summed E-state index contributed by atoms with van der Waals surface area (Å²) in [6.45, 7) is 8.19. The number of allylic oxidation sites excluding steroid dienone is 1. The van der Waals surface area contributed by atoms with Crippen molar-refractivity contribution in [3.63, 3.8) is 0 Å². The normalized spacial score (nSPS) is 16.3. The third-order valence-electron chi connectivity index (χ3n) is 3.18. The van der Waals surface area contributed by atoms with Crippen molar-refractivity contribution in [1.82, 2.24) is 9.88 Å². The van der Waals surface area contributed by atoms with Crippen LogP contribution in [0.5, 0.6) is 0 Å². The van der Waals surface area contributed by atoms with Crippen LogP contribution in [0.4, 0.5) is 0 Å². The molecule has 0 atom stereocenters. The summed E-state index contributed by atoms with van der Waals surface area (Å²) in [6, 6.07) is 3.68. The molecule has 2 rings (SSSR count). The molecule has 1 saturated heterocycles. The number of carbonyl (C=O) groups is 1. The second-order valence-corrected chi connectivity index (χ2v) is 6.17. The Morgan fingerprint density at radius 2 is 2.00 bits per heavy atom. The van der Waals surface area contributed by atoms with E-state index in [0.717, 1.165) is 37.2 Å². The van der Waals surface area contributed by atoms with Gasteiger partial charge in [-0.1, -0.05) is 26.8 Å². The number of amides is 1. The van der Waals surface area contributed by atoms with Crippen LogP contribution in [-0.4, -0.2) is 28.9 Å². The first-order chi connectivity index (χ1) is 8.96. The number of nitrogens with zero attached hydrogens (tertiary/aromatic N) is 2. The fourth-order valence-corrected chi connectivity index (χ4v) is 2.11. The van der Waals surface area contributed by atoms with E-state index in [0.29, 0.717) is 0 Å². The number of carbonyl (C=O) groups excluding carboxylic acids is 1. The highest BCUT2D eigenvalue weighted by atomic mass is 16.2. The minimum absolute atomic E-state index is 0.122. The van der Waals surface area contributed by atoms with Gasteiger partial charge in [-0.3, -0.25) is 9.78 Å². The quantitative estimate of drug-likeness (QED) is 0.814. The molecule has 2 heterocycles. The molecule has 1 amide bonds. The second-order valence-electron chi connectivity index (χ2n) is 6.17. The summed E-state index contributed by atoms with van der Waals surface area (Å²) in [5.74, 6) is 0.130. The Hall–Kier alpha value is -1.64. The van der Waals surface area contributed by atoms with Crippen LogP contribution in [0.2, 0.25) is 0 Å². The van der Waals surface area contributed by atoms with E-state index in [-0.39, 0.29) is 11.3 Å². The Morgan fingerprint density at radius 3 is 2.63 bits per heavy atom.